The zero-order valence-electron chi connectivity index (χ0n) is 20.8. The van der Waals surface area contributed by atoms with E-state index >= 15 is 0 Å². The standard InChI is InChI=1S/C26H29F2N5O4S/c27-20-14-21(28)16-22(15-20)33-26(34)25(37-23-4-2-1-3-5-23)24(17-30-33)31-10-12-32(13-11-31)38(35,36)18-19-6-8-29-9-7-19/h6-9,14-17,23H,1-5,10-13,18H2. The van der Waals surface area contributed by atoms with Crippen LogP contribution in [-0.4, -0.2) is 59.8 Å². The molecule has 0 bridgehead atoms. The summed E-state index contributed by atoms with van der Waals surface area (Å²) in [5.41, 5.74) is 0.442. The van der Waals surface area contributed by atoms with Crippen molar-refractivity contribution in [1.82, 2.24) is 19.1 Å². The summed E-state index contributed by atoms with van der Waals surface area (Å²) >= 11 is 0. The van der Waals surface area contributed by atoms with Gasteiger partial charge < -0.3 is 9.64 Å². The molecule has 1 aliphatic carbocycles. The van der Waals surface area contributed by atoms with Gasteiger partial charge in [-0.2, -0.15) is 14.1 Å². The first-order chi connectivity index (χ1) is 18.3. The van der Waals surface area contributed by atoms with Crippen LogP contribution in [0.3, 0.4) is 0 Å². The monoisotopic (exact) mass is 545 g/mol. The first kappa shape index (κ1) is 26.2. The second-order valence-electron chi connectivity index (χ2n) is 9.58. The van der Waals surface area contributed by atoms with E-state index in [9.17, 15) is 22.0 Å². The van der Waals surface area contributed by atoms with Gasteiger partial charge in [0.2, 0.25) is 15.8 Å². The van der Waals surface area contributed by atoms with Crippen molar-refractivity contribution in [2.75, 3.05) is 31.1 Å². The Morgan fingerprint density at radius 1 is 0.947 bits per heavy atom. The Balaban J connectivity index is 1.40. The van der Waals surface area contributed by atoms with Crippen molar-refractivity contribution in [2.24, 2.45) is 0 Å². The quantitative estimate of drug-likeness (QED) is 0.450. The fourth-order valence-corrected chi connectivity index (χ4v) is 6.46. The summed E-state index contributed by atoms with van der Waals surface area (Å²) in [7, 11) is -3.54. The number of halogens is 2. The zero-order chi connectivity index (χ0) is 26.7. The van der Waals surface area contributed by atoms with Crippen LogP contribution < -0.4 is 15.2 Å². The molecule has 3 aromatic rings. The van der Waals surface area contributed by atoms with Gasteiger partial charge in [-0.1, -0.05) is 6.42 Å². The van der Waals surface area contributed by atoms with E-state index in [0.29, 0.717) is 24.3 Å². The van der Waals surface area contributed by atoms with E-state index in [4.69, 9.17) is 4.74 Å². The minimum Gasteiger partial charge on any atom is -0.483 e. The Hall–Kier alpha value is -3.38. The molecule has 2 aromatic heterocycles. The minimum absolute atomic E-state index is 0.0421. The van der Waals surface area contributed by atoms with Gasteiger partial charge in [-0.05, 0) is 55.5 Å². The molecular formula is C26H29F2N5O4S. The maximum Gasteiger partial charge on any atom is 0.316 e. The van der Waals surface area contributed by atoms with Crippen molar-refractivity contribution in [3.8, 4) is 11.4 Å². The molecule has 1 aliphatic heterocycles. The van der Waals surface area contributed by atoms with Gasteiger partial charge in [0.05, 0.1) is 23.7 Å². The maximum absolute atomic E-state index is 13.9. The molecule has 0 N–H and O–H groups in total. The number of pyridine rings is 1. The van der Waals surface area contributed by atoms with Crippen molar-refractivity contribution in [1.29, 1.82) is 0 Å². The summed E-state index contributed by atoms with van der Waals surface area (Å²) in [4.78, 5) is 19.4. The number of piperazine rings is 1. The summed E-state index contributed by atoms with van der Waals surface area (Å²) in [6, 6.07) is 6.15. The molecule has 2 aliphatic rings. The highest BCUT2D eigenvalue weighted by molar-refractivity contribution is 7.88. The van der Waals surface area contributed by atoms with Crippen LogP contribution in [-0.2, 0) is 15.8 Å². The van der Waals surface area contributed by atoms with Gasteiger partial charge in [0.1, 0.15) is 17.3 Å². The van der Waals surface area contributed by atoms with E-state index in [2.05, 4.69) is 10.1 Å². The minimum atomic E-state index is -3.54. The Bertz CT molecular complexity index is 1420. The van der Waals surface area contributed by atoms with Crippen LogP contribution in [0.2, 0.25) is 0 Å². The summed E-state index contributed by atoms with van der Waals surface area (Å²) < 4.78 is 62.3. The second-order valence-corrected chi connectivity index (χ2v) is 11.5. The third kappa shape index (κ3) is 5.86. The second kappa shape index (κ2) is 11.2. The number of aromatic nitrogens is 3. The van der Waals surface area contributed by atoms with Crippen molar-refractivity contribution >= 4 is 15.7 Å². The molecule has 38 heavy (non-hydrogen) atoms. The lowest BCUT2D eigenvalue weighted by Gasteiger charge is -2.36. The number of hydrogen-bond donors (Lipinski definition) is 0. The van der Waals surface area contributed by atoms with Crippen molar-refractivity contribution in [2.45, 2.75) is 44.0 Å². The third-order valence-electron chi connectivity index (χ3n) is 6.91. The molecule has 1 saturated carbocycles. The van der Waals surface area contributed by atoms with Gasteiger partial charge >= 0.3 is 5.56 Å². The van der Waals surface area contributed by atoms with Gasteiger partial charge in [-0.3, -0.25) is 9.78 Å². The summed E-state index contributed by atoms with van der Waals surface area (Å²) in [5, 5.41) is 4.19. The molecular weight excluding hydrogens is 516 g/mol. The molecule has 0 unspecified atom stereocenters. The first-order valence-corrected chi connectivity index (χ1v) is 14.3. The van der Waals surface area contributed by atoms with Crippen LogP contribution in [0.1, 0.15) is 37.7 Å². The summed E-state index contributed by atoms with van der Waals surface area (Å²) in [6.07, 6.45) is 9.10. The molecule has 1 saturated heterocycles. The van der Waals surface area contributed by atoms with Gasteiger partial charge in [-0.15, -0.1) is 0 Å². The molecule has 5 rings (SSSR count). The largest absolute Gasteiger partial charge is 0.483 e. The average molecular weight is 546 g/mol. The van der Waals surface area contributed by atoms with Crippen LogP contribution in [0.25, 0.3) is 5.69 Å². The van der Waals surface area contributed by atoms with E-state index in [0.717, 1.165) is 55.0 Å². The topological polar surface area (TPSA) is 97.6 Å². The molecule has 2 fully saturated rings. The van der Waals surface area contributed by atoms with Gasteiger partial charge in [-0.25, -0.2) is 17.2 Å². The Kier molecular flexibility index (Phi) is 7.70. The fourth-order valence-electron chi connectivity index (χ4n) is 4.95. The molecule has 9 nitrogen and oxygen atoms in total. The highest BCUT2D eigenvalue weighted by Gasteiger charge is 2.30. The SMILES string of the molecule is O=c1c(OC2CCCCC2)c(N2CCN(S(=O)(=O)Cc3ccncc3)CC2)cnn1-c1cc(F)cc(F)c1. The molecule has 3 heterocycles. The van der Waals surface area contributed by atoms with Gasteiger partial charge in [0.25, 0.3) is 0 Å². The van der Waals surface area contributed by atoms with E-state index < -0.39 is 27.2 Å². The fraction of sp³-hybridized carbons (Fsp3) is 0.423. The smallest absolute Gasteiger partial charge is 0.316 e. The molecule has 0 spiro atoms. The highest BCUT2D eigenvalue weighted by Crippen LogP contribution is 2.30. The zero-order valence-corrected chi connectivity index (χ0v) is 21.6. The maximum atomic E-state index is 13.9. The predicted molar refractivity (Wildman–Crippen MR) is 138 cm³/mol. The summed E-state index contributed by atoms with van der Waals surface area (Å²) in [5.74, 6) is -1.70. The van der Waals surface area contributed by atoms with Crippen LogP contribution in [0.5, 0.6) is 5.75 Å². The van der Waals surface area contributed by atoms with Gasteiger partial charge in [0.15, 0.2) is 0 Å². The van der Waals surface area contributed by atoms with E-state index in [1.54, 1.807) is 24.5 Å². The normalized spacial score (nSPS) is 17.5. The number of ether oxygens (including phenoxy) is 1. The predicted octanol–water partition coefficient (Wildman–Crippen LogP) is 3.27. The van der Waals surface area contributed by atoms with Gasteiger partial charge in [0, 0.05) is 44.6 Å². The van der Waals surface area contributed by atoms with Crippen molar-refractivity contribution < 1.29 is 21.9 Å². The van der Waals surface area contributed by atoms with Crippen molar-refractivity contribution in [3.63, 3.8) is 0 Å². The Morgan fingerprint density at radius 3 is 2.26 bits per heavy atom. The molecule has 1 aromatic carbocycles. The van der Waals surface area contributed by atoms with Crippen molar-refractivity contribution in [3.05, 3.63) is 76.5 Å². The first-order valence-electron chi connectivity index (χ1n) is 12.7. The number of benzene rings is 1. The average Bonchev–Trinajstić information content (AvgIpc) is 2.90. The Morgan fingerprint density at radius 2 is 1.61 bits per heavy atom. The van der Waals surface area contributed by atoms with E-state index in [1.165, 1.54) is 10.5 Å². The molecule has 0 radical (unpaired) electrons. The van der Waals surface area contributed by atoms with Crippen LogP contribution in [0.4, 0.5) is 14.5 Å². The number of sulfonamides is 1. The van der Waals surface area contributed by atoms with Crippen LogP contribution in [0, 0.1) is 11.6 Å². The lowest BCUT2D eigenvalue weighted by Crippen LogP contribution is -2.49. The van der Waals surface area contributed by atoms with Crippen LogP contribution in [0.15, 0.2) is 53.7 Å². The number of rotatable bonds is 7. The molecule has 202 valence electrons. The molecule has 0 amide bonds. The number of anilines is 1. The van der Waals surface area contributed by atoms with E-state index in [1.807, 2.05) is 4.90 Å². The van der Waals surface area contributed by atoms with Crippen LogP contribution >= 0.6 is 0 Å². The third-order valence-corrected chi connectivity index (χ3v) is 8.76. The Labute approximate surface area is 219 Å². The molecule has 0 atom stereocenters. The lowest BCUT2D eigenvalue weighted by atomic mass is 9.98. The number of nitrogens with zero attached hydrogens (tertiary/aromatic N) is 5. The molecule has 12 heteroatoms. The summed E-state index contributed by atoms with van der Waals surface area (Å²) in [6.45, 7) is 1.12. The van der Waals surface area contributed by atoms with E-state index in [-0.39, 0.29) is 36.4 Å². The lowest BCUT2D eigenvalue weighted by molar-refractivity contribution is 0.152. The highest BCUT2D eigenvalue weighted by atomic mass is 32.2. The number of hydrogen-bond acceptors (Lipinski definition) is 7.